The first kappa shape index (κ1) is 19.2. The molecule has 0 aliphatic carbocycles. The van der Waals surface area contributed by atoms with Crippen LogP contribution in [0.4, 0.5) is 14.6 Å². The van der Waals surface area contributed by atoms with E-state index in [1.54, 1.807) is 0 Å². The fourth-order valence-electron chi connectivity index (χ4n) is 3.52. The van der Waals surface area contributed by atoms with Gasteiger partial charge < -0.3 is 4.90 Å². The maximum Gasteiger partial charge on any atom is 0.151 e. The molecule has 1 aliphatic heterocycles. The van der Waals surface area contributed by atoms with Crippen LogP contribution in [-0.4, -0.2) is 29.5 Å². The van der Waals surface area contributed by atoms with Crippen LogP contribution in [0.3, 0.4) is 0 Å². The minimum atomic E-state index is -0.560. The van der Waals surface area contributed by atoms with E-state index in [1.807, 2.05) is 48.3 Å². The third-order valence-corrected chi connectivity index (χ3v) is 5.32. The molecule has 0 saturated carbocycles. The minimum absolute atomic E-state index is 0.000897. The van der Waals surface area contributed by atoms with Gasteiger partial charge in [-0.2, -0.15) is 0 Å². The summed E-state index contributed by atoms with van der Waals surface area (Å²) in [5.74, 6) is -0.285. The van der Waals surface area contributed by atoms with Gasteiger partial charge in [0.25, 0.3) is 0 Å². The van der Waals surface area contributed by atoms with E-state index in [4.69, 9.17) is 0 Å². The molecule has 148 valence electrons. The summed E-state index contributed by atoms with van der Waals surface area (Å²) in [5.41, 5.74) is 3.29. The van der Waals surface area contributed by atoms with E-state index in [0.717, 1.165) is 35.6 Å². The standard InChI is InChI=1S/C23H22F2N4/c1-3-29(2)22-14-13-20(27-28-22)16-9-7-15(8-10-16)19-11-12-21(26-19)23-17(24)5-4-6-18(23)25/h4-10,13-14,19H,3,11-12H2,1-2H3. The summed E-state index contributed by atoms with van der Waals surface area (Å²) in [6.07, 6.45) is 1.29. The number of benzene rings is 2. The summed E-state index contributed by atoms with van der Waals surface area (Å²) in [5, 5.41) is 8.58. The highest BCUT2D eigenvalue weighted by molar-refractivity contribution is 6.02. The topological polar surface area (TPSA) is 41.4 Å². The maximum absolute atomic E-state index is 14.0. The van der Waals surface area contributed by atoms with Crippen molar-refractivity contribution in [1.29, 1.82) is 0 Å². The van der Waals surface area contributed by atoms with Gasteiger partial charge >= 0.3 is 0 Å². The van der Waals surface area contributed by atoms with Crippen molar-refractivity contribution in [2.45, 2.75) is 25.8 Å². The molecule has 0 saturated heterocycles. The van der Waals surface area contributed by atoms with E-state index in [9.17, 15) is 8.78 Å². The molecule has 1 atom stereocenters. The molecule has 0 spiro atoms. The molecule has 0 bridgehead atoms. The Morgan fingerprint density at radius 3 is 2.31 bits per heavy atom. The lowest BCUT2D eigenvalue weighted by atomic mass is 10.0. The predicted molar refractivity (Wildman–Crippen MR) is 111 cm³/mol. The van der Waals surface area contributed by atoms with Crippen LogP contribution in [0.25, 0.3) is 11.3 Å². The maximum atomic E-state index is 14.0. The van der Waals surface area contributed by atoms with Gasteiger partial charge in [-0.05, 0) is 49.6 Å². The SMILES string of the molecule is CCN(C)c1ccc(-c2ccc(C3CCC(c4c(F)cccc4F)=N3)cc2)nn1. The summed E-state index contributed by atoms with van der Waals surface area (Å²) in [4.78, 5) is 6.62. The Balaban J connectivity index is 1.53. The number of hydrogen-bond donors (Lipinski definition) is 0. The molecular weight excluding hydrogens is 370 g/mol. The largest absolute Gasteiger partial charge is 0.358 e. The van der Waals surface area contributed by atoms with Gasteiger partial charge in [0, 0.05) is 24.9 Å². The Morgan fingerprint density at radius 1 is 0.966 bits per heavy atom. The Bertz CT molecular complexity index is 1010. The van der Waals surface area contributed by atoms with Crippen molar-refractivity contribution in [2.75, 3.05) is 18.5 Å². The fourth-order valence-corrected chi connectivity index (χ4v) is 3.52. The van der Waals surface area contributed by atoms with Crippen molar-refractivity contribution in [3.8, 4) is 11.3 Å². The molecule has 1 unspecified atom stereocenters. The quantitative estimate of drug-likeness (QED) is 0.599. The highest BCUT2D eigenvalue weighted by atomic mass is 19.1. The Kier molecular flexibility index (Phi) is 5.34. The van der Waals surface area contributed by atoms with E-state index in [2.05, 4.69) is 22.1 Å². The molecule has 6 heteroatoms. The van der Waals surface area contributed by atoms with Crippen molar-refractivity contribution < 1.29 is 8.78 Å². The summed E-state index contributed by atoms with van der Waals surface area (Å²) >= 11 is 0. The number of halogens is 2. The first-order valence-corrected chi connectivity index (χ1v) is 9.73. The van der Waals surface area contributed by atoms with Crippen LogP contribution in [0, 0.1) is 11.6 Å². The molecule has 4 rings (SSSR count). The van der Waals surface area contributed by atoms with Crippen LogP contribution in [-0.2, 0) is 0 Å². The average Bonchev–Trinajstić information content (AvgIpc) is 3.23. The number of anilines is 1. The summed E-state index contributed by atoms with van der Waals surface area (Å²) in [7, 11) is 1.97. The molecule has 1 aliphatic rings. The van der Waals surface area contributed by atoms with Gasteiger partial charge in [0.2, 0.25) is 0 Å². The van der Waals surface area contributed by atoms with Gasteiger partial charge in [0.05, 0.1) is 17.3 Å². The zero-order chi connectivity index (χ0) is 20.4. The first-order valence-electron chi connectivity index (χ1n) is 9.73. The smallest absolute Gasteiger partial charge is 0.151 e. The molecule has 2 aromatic carbocycles. The predicted octanol–water partition coefficient (Wildman–Crippen LogP) is 5.20. The van der Waals surface area contributed by atoms with E-state index < -0.39 is 11.6 Å². The van der Waals surface area contributed by atoms with E-state index in [1.165, 1.54) is 18.2 Å². The Labute approximate surface area is 168 Å². The van der Waals surface area contributed by atoms with Crippen LogP contribution in [0.5, 0.6) is 0 Å². The zero-order valence-corrected chi connectivity index (χ0v) is 16.4. The molecule has 0 fully saturated rings. The summed E-state index contributed by atoms with van der Waals surface area (Å²) in [6, 6.07) is 15.7. The molecule has 4 nitrogen and oxygen atoms in total. The van der Waals surface area contributed by atoms with Crippen LogP contribution in [0.1, 0.15) is 36.9 Å². The number of aromatic nitrogens is 2. The number of rotatable bonds is 5. The van der Waals surface area contributed by atoms with Gasteiger partial charge in [0.1, 0.15) is 11.6 Å². The Morgan fingerprint density at radius 2 is 1.69 bits per heavy atom. The van der Waals surface area contributed by atoms with E-state index in [-0.39, 0.29) is 11.6 Å². The zero-order valence-electron chi connectivity index (χ0n) is 16.4. The number of aliphatic imine (C=N–C) groups is 1. The van der Waals surface area contributed by atoms with Crippen molar-refractivity contribution in [3.05, 3.63) is 77.4 Å². The van der Waals surface area contributed by atoms with Crippen LogP contribution < -0.4 is 4.90 Å². The lowest BCUT2D eigenvalue weighted by molar-refractivity contribution is 0.578. The first-order chi connectivity index (χ1) is 14.1. The van der Waals surface area contributed by atoms with Gasteiger partial charge in [-0.3, -0.25) is 4.99 Å². The minimum Gasteiger partial charge on any atom is -0.358 e. The summed E-state index contributed by atoms with van der Waals surface area (Å²) < 4.78 is 28.1. The average molecular weight is 392 g/mol. The third-order valence-electron chi connectivity index (χ3n) is 5.32. The third kappa shape index (κ3) is 3.88. The number of hydrogen-bond acceptors (Lipinski definition) is 4. The molecule has 0 radical (unpaired) electrons. The second kappa shape index (κ2) is 8.07. The second-order valence-electron chi connectivity index (χ2n) is 7.14. The van der Waals surface area contributed by atoms with Gasteiger partial charge in [0.15, 0.2) is 5.82 Å². The van der Waals surface area contributed by atoms with Gasteiger partial charge in [-0.25, -0.2) is 8.78 Å². The van der Waals surface area contributed by atoms with Crippen molar-refractivity contribution in [2.24, 2.45) is 4.99 Å². The molecule has 29 heavy (non-hydrogen) atoms. The molecule has 3 aromatic rings. The Hall–Kier alpha value is -3.15. The van der Waals surface area contributed by atoms with Crippen LogP contribution in [0.15, 0.2) is 59.6 Å². The van der Waals surface area contributed by atoms with E-state index in [0.29, 0.717) is 12.1 Å². The highest BCUT2D eigenvalue weighted by Crippen LogP contribution is 2.33. The van der Waals surface area contributed by atoms with Gasteiger partial charge in [-0.1, -0.05) is 30.3 Å². The monoisotopic (exact) mass is 392 g/mol. The van der Waals surface area contributed by atoms with Crippen molar-refractivity contribution in [1.82, 2.24) is 10.2 Å². The molecule has 0 N–H and O–H groups in total. The van der Waals surface area contributed by atoms with Crippen LogP contribution >= 0.6 is 0 Å². The molecule has 0 amide bonds. The number of nitrogens with zero attached hydrogens (tertiary/aromatic N) is 4. The normalized spacial score (nSPS) is 16.0. The van der Waals surface area contributed by atoms with Crippen molar-refractivity contribution >= 4 is 11.5 Å². The van der Waals surface area contributed by atoms with E-state index >= 15 is 0 Å². The second-order valence-corrected chi connectivity index (χ2v) is 7.14. The molecular formula is C23H22F2N4. The van der Waals surface area contributed by atoms with Gasteiger partial charge in [-0.15, -0.1) is 10.2 Å². The van der Waals surface area contributed by atoms with Crippen molar-refractivity contribution in [3.63, 3.8) is 0 Å². The molecule has 1 aromatic heterocycles. The lowest BCUT2D eigenvalue weighted by Gasteiger charge is -2.14. The lowest BCUT2D eigenvalue weighted by Crippen LogP contribution is -2.17. The highest BCUT2D eigenvalue weighted by Gasteiger charge is 2.24. The fraction of sp³-hybridized carbons (Fsp3) is 0.261. The summed E-state index contributed by atoms with van der Waals surface area (Å²) in [6.45, 7) is 2.93. The van der Waals surface area contributed by atoms with Crippen LogP contribution in [0.2, 0.25) is 0 Å². The molecule has 2 heterocycles.